The molecule has 3 heteroatoms. The molecule has 0 aliphatic carbocycles. The lowest BCUT2D eigenvalue weighted by molar-refractivity contribution is 0.227. The van der Waals surface area contributed by atoms with E-state index in [0.29, 0.717) is 5.92 Å². The van der Waals surface area contributed by atoms with Crippen LogP contribution in [0.3, 0.4) is 0 Å². The van der Waals surface area contributed by atoms with Gasteiger partial charge in [0.25, 0.3) is 0 Å². The van der Waals surface area contributed by atoms with Gasteiger partial charge >= 0.3 is 0 Å². The van der Waals surface area contributed by atoms with Crippen molar-refractivity contribution in [3.63, 3.8) is 0 Å². The molecule has 1 aliphatic rings. The monoisotopic (exact) mass is 262 g/mol. The third kappa shape index (κ3) is 2.86. The van der Waals surface area contributed by atoms with Crippen molar-refractivity contribution in [2.75, 3.05) is 25.1 Å². The fourth-order valence-corrected chi connectivity index (χ4v) is 3.28. The lowest BCUT2D eigenvalue weighted by atomic mass is 9.77. The molecule has 1 fully saturated rings. The van der Waals surface area contributed by atoms with Crippen molar-refractivity contribution in [3.05, 3.63) is 24.3 Å². The van der Waals surface area contributed by atoms with E-state index in [1.54, 1.807) is 7.11 Å². The van der Waals surface area contributed by atoms with E-state index in [-0.39, 0.29) is 5.54 Å². The Balaban J connectivity index is 2.21. The summed E-state index contributed by atoms with van der Waals surface area (Å²) >= 11 is 0. The summed E-state index contributed by atoms with van der Waals surface area (Å²) in [5.74, 6) is 1.59. The first-order chi connectivity index (χ1) is 9.09. The van der Waals surface area contributed by atoms with Crippen molar-refractivity contribution >= 4 is 5.69 Å². The summed E-state index contributed by atoms with van der Waals surface area (Å²) < 4.78 is 5.23. The van der Waals surface area contributed by atoms with Crippen molar-refractivity contribution in [2.45, 2.75) is 38.6 Å². The van der Waals surface area contributed by atoms with Crippen molar-refractivity contribution in [1.82, 2.24) is 0 Å². The summed E-state index contributed by atoms with van der Waals surface area (Å²) in [6, 6.07) is 8.40. The van der Waals surface area contributed by atoms with Gasteiger partial charge in [0.15, 0.2) is 0 Å². The van der Waals surface area contributed by atoms with Crippen molar-refractivity contribution in [3.8, 4) is 5.75 Å². The smallest absolute Gasteiger partial charge is 0.119 e. The summed E-state index contributed by atoms with van der Waals surface area (Å²) in [6.07, 6.45) is 3.65. The lowest BCUT2D eigenvalue weighted by Gasteiger charge is -2.49. The number of ether oxygens (including phenoxy) is 1. The van der Waals surface area contributed by atoms with E-state index in [9.17, 15) is 0 Å². The van der Waals surface area contributed by atoms with Crippen LogP contribution >= 0.6 is 0 Å². The van der Waals surface area contributed by atoms with Gasteiger partial charge in [0.2, 0.25) is 0 Å². The van der Waals surface area contributed by atoms with Gasteiger partial charge in [-0.05, 0) is 69.8 Å². The van der Waals surface area contributed by atoms with Gasteiger partial charge in [-0.25, -0.2) is 0 Å². The van der Waals surface area contributed by atoms with Crippen LogP contribution in [-0.2, 0) is 0 Å². The standard InChI is InChI=1S/C16H26N2O/c1-16(2)13(10-11-17)5-4-12-18(16)14-6-8-15(19-3)9-7-14/h6-9,13H,4-5,10-12,17H2,1-3H3. The number of methoxy groups -OCH3 is 1. The highest BCUT2D eigenvalue weighted by Crippen LogP contribution is 2.38. The predicted molar refractivity (Wildman–Crippen MR) is 80.8 cm³/mol. The second-order valence-corrected chi connectivity index (χ2v) is 5.92. The van der Waals surface area contributed by atoms with E-state index < -0.39 is 0 Å². The van der Waals surface area contributed by atoms with Gasteiger partial charge in [-0.15, -0.1) is 0 Å². The summed E-state index contributed by atoms with van der Waals surface area (Å²) in [7, 11) is 1.71. The second-order valence-electron chi connectivity index (χ2n) is 5.92. The quantitative estimate of drug-likeness (QED) is 0.906. The Hall–Kier alpha value is -1.22. The van der Waals surface area contributed by atoms with Gasteiger partial charge in [0.05, 0.1) is 7.11 Å². The topological polar surface area (TPSA) is 38.5 Å². The van der Waals surface area contributed by atoms with Crippen LogP contribution in [0.4, 0.5) is 5.69 Å². The Morgan fingerprint density at radius 1 is 1.32 bits per heavy atom. The molecule has 1 aliphatic heterocycles. The normalized spacial score (nSPS) is 22.3. The van der Waals surface area contributed by atoms with E-state index in [0.717, 1.165) is 25.3 Å². The molecule has 1 aromatic carbocycles. The second kappa shape index (κ2) is 5.83. The zero-order valence-electron chi connectivity index (χ0n) is 12.4. The zero-order valence-corrected chi connectivity index (χ0v) is 12.4. The van der Waals surface area contributed by atoms with Crippen molar-refractivity contribution in [2.24, 2.45) is 11.7 Å². The summed E-state index contributed by atoms with van der Waals surface area (Å²) in [5.41, 5.74) is 7.23. The van der Waals surface area contributed by atoms with Gasteiger partial charge in [-0.2, -0.15) is 0 Å². The maximum atomic E-state index is 5.77. The van der Waals surface area contributed by atoms with E-state index in [1.807, 2.05) is 12.1 Å². The number of hydrogen-bond acceptors (Lipinski definition) is 3. The Kier molecular flexibility index (Phi) is 4.35. The summed E-state index contributed by atoms with van der Waals surface area (Å²) in [5, 5.41) is 0. The zero-order chi connectivity index (χ0) is 13.9. The minimum absolute atomic E-state index is 0.173. The first-order valence-electron chi connectivity index (χ1n) is 7.21. The number of nitrogens with two attached hydrogens (primary N) is 1. The van der Waals surface area contributed by atoms with E-state index >= 15 is 0 Å². The van der Waals surface area contributed by atoms with Gasteiger partial charge in [-0.3, -0.25) is 0 Å². The van der Waals surface area contributed by atoms with E-state index in [1.165, 1.54) is 18.5 Å². The minimum Gasteiger partial charge on any atom is -0.497 e. The molecule has 0 bridgehead atoms. The molecule has 0 saturated carbocycles. The number of rotatable bonds is 4. The number of benzene rings is 1. The van der Waals surface area contributed by atoms with Crippen LogP contribution < -0.4 is 15.4 Å². The summed E-state index contributed by atoms with van der Waals surface area (Å²) in [6.45, 7) is 6.60. The molecule has 0 aromatic heterocycles. The van der Waals surface area contributed by atoms with E-state index in [2.05, 4.69) is 30.9 Å². The van der Waals surface area contributed by atoms with Crippen LogP contribution in [-0.4, -0.2) is 25.7 Å². The molecule has 0 amide bonds. The summed E-state index contributed by atoms with van der Waals surface area (Å²) in [4.78, 5) is 2.52. The Morgan fingerprint density at radius 2 is 2.00 bits per heavy atom. The van der Waals surface area contributed by atoms with Crippen LogP contribution in [0.15, 0.2) is 24.3 Å². The van der Waals surface area contributed by atoms with E-state index in [4.69, 9.17) is 10.5 Å². The Labute approximate surface area is 116 Å². The average Bonchev–Trinajstić information content (AvgIpc) is 2.41. The molecule has 1 saturated heterocycles. The lowest BCUT2D eigenvalue weighted by Crippen LogP contribution is -2.54. The highest BCUT2D eigenvalue weighted by molar-refractivity contribution is 5.51. The average molecular weight is 262 g/mol. The van der Waals surface area contributed by atoms with Gasteiger partial charge < -0.3 is 15.4 Å². The molecule has 1 heterocycles. The predicted octanol–water partition coefficient (Wildman–Crippen LogP) is 3.04. The van der Waals surface area contributed by atoms with Gasteiger partial charge in [0.1, 0.15) is 5.75 Å². The largest absolute Gasteiger partial charge is 0.497 e. The minimum atomic E-state index is 0.173. The number of piperidine rings is 1. The fourth-order valence-electron chi connectivity index (χ4n) is 3.28. The first-order valence-corrected chi connectivity index (χ1v) is 7.21. The highest BCUT2D eigenvalue weighted by Gasteiger charge is 2.37. The number of hydrogen-bond donors (Lipinski definition) is 1. The molecule has 0 radical (unpaired) electrons. The molecule has 1 aromatic rings. The van der Waals surface area contributed by atoms with Gasteiger partial charge in [0, 0.05) is 17.8 Å². The van der Waals surface area contributed by atoms with Crippen molar-refractivity contribution < 1.29 is 4.74 Å². The molecule has 2 N–H and O–H groups in total. The molecule has 3 nitrogen and oxygen atoms in total. The molecule has 2 rings (SSSR count). The molecule has 106 valence electrons. The van der Waals surface area contributed by atoms with Crippen molar-refractivity contribution in [1.29, 1.82) is 0 Å². The van der Waals surface area contributed by atoms with Crippen LogP contribution in [0.5, 0.6) is 5.75 Å². The maximum absolute atomic E-state index is 5.77. The van der Waals surface area contributed by atoms with Crippen LogP contribution in [0.1, 0.15) is 33.1 Å². The number of nitrogens with zero attached hydrogens (tertiary/aromatic N) is 1. The molecule has 19 heavy (non-hydrogen) atoms. The third-order valence-corrected chi connectivity index (χ3v) is 4.53. The molecule has 1 atom stereocenters. The molecule has 0 spiro atoms. The van der Waals surface area contributed by atoms with Crippen LogP contribution in [0.2, 0.25) is 0 Å². The molecule has 1 unspecified atom stereocenters. The SMILES string of the molecule is COc1ccc(N2CCCC(CCN)C2(C)C)cc1. The Morgan fingerprint density at radius 3 is 2.58 bits per heavy atom. The molecular weight excluding hydrogens is 236 g/mol. The Bertz CT molecular complexity index is 398. The highest BCUT2D eigenvalue weighted by atomic mass is 16.5. The third-order valence-electron chi connectivity index (χ3n) is 4.53. The van der Waals surface area contributed by atoms with Gasteiger partial charge in [-0.1, -0.05) is 0 Å². The first kappa shape index (κ1) is 14.2. The molecular formula is C16H26N2O. The maximum Gasteiger partial charge on any atom is 0.119 e. The van der Waals surface area contributed by atoms with Crippen LogP contribution in [0.25, 0.3) is 0 Å². The fraction of sp³-hybridized carbons (Fsp3) is 0.625. The number of anilines is 1. The van der Waals surface area contributed by atoms with Crippen LogP contribution in [0, 0.1) is 5.92 Å².